The molecule has 1 saturated carbocycles. The fourth-order valence-corrected chi connectivity index (χ4v) is 4.29. The zero-order valence-corrected chi connectivity index (χ0v) is 17.3. The minimum atomic E-state index is -0.0920. The third kappa shape index (κ3) is 3.20. The number of nitrogens with zero attached hydrogens (tertiary/aromatic N) is 3. The third-order valence-corrected chi connectivity index (χ3v) is 5.99. The van der Waals surface area contributed by atoms with Gasteiger partial charge in [-0.2, -0.15) is 5.10 Å². The summed E-state index contributed by atoms with van der Waals surface area (Å²) in [6.45, 7) is 2.02. The van der Waals surface area contributed by atoms with E-state index < -0.39 is 0 Å². The number of aromatic nitrogens is 4. The van der Waals surface area contributed by atoms with E-state index in [1.807, 2.05) is 50.6 Å². The van der Waals surface area contributed by atoms with Gasteiger partial charge in [0.25, 0.3) is 0 Å². The maximum atomic E-state index is 11.7. The van der Waals surface area contributed by atoms with Crippen molar-refractivity contribution in [3.05, 3.63) is 36.7 Å². The average molecular weight is 404 g/mol. The predicted molar refractivity (Wildman–Crippen MR) is 115 cm³/mol. The Morgan fingerprint density at radius 2 is 2.13 bits per heavy atom. The third-order valence-electron chi connectivity index (χ3n) is 5.99. The van der Waals surface area contributed by atoms with Gasteiger partial charge in [-0.1, -0.05) is 0 Å². The molecule has 3 aromatic heterocycles. The first-order valence-corrected chi connectivity index (χ1v) is 10.2. The van der Waals surface area contributed by atoms with Gasteiger partial charge in [-0.3, -0.25) is 9.48 Å². The number of aromatic amines is 1. The highest BCUT2D eigenvalue weighted by Gasteiger charge is 2.29. The van der Waals surface area contributed by atoms with Crippen molar-refractivity contribution in [3.8, 4) is 22.9 Å². The van der Waals surface area contributed by atoms with E-state index in [1.165, 1.54) is 0 Å². The van der Waals surface area contributed by atoms with Crippen LogP contribution in [0, 0.1) is 5.92 Å². The van der Waals surface area contributed by atoms with Crippen LogP contribution >= 0.6 is 0 Å². The number of Topliss-reactive ketones (excluding diaryl/α,β-unsaturated/α-hetero) is 1. The number of ketones is 1. The number of rotatable bonds is 5. The van der Waals surface area contributed by atoms with E-state index in [-0.39, 0.29) is 12.0 Å². The summed E-state index contributed by atoms with van der Waals surface area (Å²) in [6, 6.07) is 7.90. The fraction of sp³-hybridized carbons (Fsp3) is 0.348. The van der Waals surface area contributed by atoms with Gasteiger partial charge in [0.05, 0.1) is 23.7 Å². The number of fused-ring (bicyclic) bond motifs is 2. The van der Waals surface area contributed by atoms with E-state index in [0.29, 0.717) is 24.5 Å². The second-order valence-electron chi connectivity index (χ2n) is 8.03. The minimum Gasteiger partial charge on any atom is -0.497 e. The van der Waals surface area contributed by atoms with Crippen molar-refractivity contribution < 1.29 is 14.3 Å². The molecule has 2 atom stereocenters. The van der Waals surface area contributed by atoms with Gasteiger partial charge in [-0.15, -0.1) is 0 Å². The van der Waals surface area contributed by atoms with Crippen LogP contribution < -0.4 is 9.47 Å². The molecule has 1 N–H and O–H groups in total. The summed E-state index contributed by atoms with van der Waals surface area (Å²) in [4.78, 5) is 19.9. The second-order valence-corrected chi connectivity index (χ2v) is 8.03. The molecular weight excluding hydrogens is 380 g/mol. The van der Waals surface area contributed by atoms with Crippen LogP contribution in [0.2, 0.25) is 0 Å². The van der Waals surface area contributed by atoms with Crippen molar-refractivity contribution in [2.24, 2.45) is 13.0 Å². The van der Waals surface area contributed by atoms with Gasteiger partial charge in [0, 0.05) is 54.7 Å². The standard InChI is InChI=1S/C23H24N4O3/c1-13(14-4-5-15(28)8-14)30-23-19-12-27(2)26-22(19)10-21(25-23)18-11-24-20-7-6-16(29-3)9-17(18)20/h6-7,9-14,24H,4-5,8H2,1-3H3/t13-,14+/m1/s1. The maximum Gasteiger partial charge on any atom is 0.225 e. The maximum absolute atomic E-state index is 11.7. The minimum absolute atomic E-state index is 0.0920. The number of pyridine rings is 1. The number of benzene rings is 1. The molecule has 0 radical (unpaired) electrons. The summed E-state index contributed by atoms with van der Waals surface area (Å²) in [5, 5.41) is 6.48. The molecule has 5 rings (SSSR count). The number of aryl methyl sites for hydroxylation is 1. The van der Waals surface area contributed by atoms with Crippen LogP contribution in [0.4, 0.5) is 0 Å². The average Bonchev–Trinajstić information content (AvgIpc) is 3.44. The van der Waals surface area contributed by atoms with E-state index in [4.69, 9.17) is 14.5 Å². The molecule has 0 spiro atoms. The summed E-state index contributed by atoms with van der Waals surface area (Å²) in [5.41, 5.74) is 3.58. The normalized spacial score (nSPS) is 17.7. The van der Waals surface area contributed by atoms with E-state index in [2.05, 4.69) is 10.1 Å². The van der Waals surface area contributed by atoms with Gasteiger partial charge in [-0.05, 0) is 37.6 Å². The molecule has 0 saturated heterocycles. The van der Waals surface area contributed by atoms with Crippen LogP contribution in [0.5, 0.6) is 11.6 Å². The molecule has 4 aromatic rings. The molecule has 7 nitrogen and oxygen atoms in total. The first kappa shape index (κ1) is 18.7. The zero-order valence-electron chi connectivity index (χ0n) is 17.3. The molecule has 30 heavy (non-hydrogen) atoms. The largest absolute Gasteiger partial charge is 0.497 e. The molecule has 154 valence electrons. The Morgan fingerprint density at radius 3 is 2.90 bits per heavy atom. The molecular formula is C23H24N4O3. The first-order chi connectivity index (χ1) is 14.5. The number of carbonyl (C=O) groups is 1. The van der Waals surface area contributed by atoms with Crippen molar-refractivity contribution >= 4 is 27.6 Å². The van der Waals surface area contributed by atoms with Gasteiger partial charge in [0.15, 0.2) is 0 Å². The number of carbonyl (C=O) groups excluding carboxylic acids is 1. The van der Waals surface area contributed by atoms with E-state index in [9.17, 15) is 4.79 Å². The zero-order chi connectivity index (χ0) is 20.8. The number of nitrogens with one attached hydrogen (secondary N) is 1. The van der Waals surface area contributed by atoms with E-state index in [0.717, 1.165) is 45.2 Å². The van der Waals surface area contributed by atoms with Crippen LogP contribution in [-0.2, 0) is 11.8 Å². The summed E-state index contributed by atoms with van der Waals surface area (Å²) >= 11 is 0. The lowest BCUT2D eigenvalue weighted by Gasteiger charge is -2.20. The quantitative estimate of drug-likeness (QED) is 0.537. The van der Waals surface area contributed by atoms with Crippen LogP contribution in [0.1, 0.15) is 26.2 Å². The Hall–Kier alpha value is -3.35. The van der Waals surface area contributed by atoms with Gasteiger partial charge in [0.2, 0.25) is 5.88 Å². The van der Waals surface area contributed by atoms with Crippen molar-refractivity contribution in [3.63, 3.8) is 0 Å². The van der Waals surface area contributed by atoms with Crippen LogP contribution in [0.25, 0.3) is 33.1 Å². The Balaban J connectivity index is 1.59. The predicted octanol–water partition coefficient (Wildman–Crippen LogP) is 4.26. The highest BCUT2D eigenvalue weighted by molar-refractivity contribution is 5.97. The molecule has 7 heteroatoms. The smallest absolute Gasteiger partial charge is 0.225 e. The summed E-state index contributed by atoms with van der Waals surface area (Å²) in [5.74, 6) is 1.89. The molecule has 1 aromatic carbocycles. The monoisotopic (exact) mass is 404 g/mol. The highest BCUT2D eigenvalue weighted by Crippen LogP contribution is 2.35. The number of hydrogen-bond acceptors (Lipinski definition) is 5. The summed E-state index contributed by atoms with van der Waals surface area (Å²) in [7, 11) is 3.55. The van der Waals surface area contributed by atoms with Crippen molar-refractivity contribution in [2.75, 3.05) is 7.11 Å². The Bertz CT molecular complexity index is 1260. The summed E-state index contributed by atoms with van der Waals surface area (Å²) < 4.78 is 13.5. The van der Waals surface area contributed by atoms with Gasteiger partial charge in [-0.25, -0.2) is 4.98 Å². The van der Waals surface area contributed by atoms with Crippen LogP contribution in [-0.4, -0.2) is 38.7 Å². The Kier molecular flexibility index (Phi) is 4.46. The van der Waals surface area contributed by atoms with E-state index >= 15 is 0 Å². The first-order valence-electron chi connectivity index (χ1n) is 10.2. The lowest BCUT2D eigenvalue weighted by Crippen LogP contribution is -2.22. The molecule has 1 fully saturated rings. The van der Waals surface area contributed by atoms with Crippen molar-refractivity contribution in [1.82, 2.24) is 19.7 Å². The molecule has 0 bridgehead atoms. The SMILES string of the molecule is COc1ccc2[nH]cc(-c3cc4nn(C)cc4c(O[C@H](C)[C@H]4CCC(=O)C4)n3)c2c1. The lowest BCUT2D eigenvalue weighted by molar-refractivity contribution is -0.117. The molecule has 1 aliphatic carbocycles. The number of methoxy groups -OCH3 is 1. The molecule has 1 aliphatic rings. The highest BCUT2D eigenvalue weighted by atomic mass is 16.5. The molecule has 0 amide bonds. The van der Waals surface area contributed by atoms with Crippen LogP contribution in [0.15, 0.2) is 36.7 Å². The Labute approximate surface area is 174 Å². The van der Waals surface area contributed by atoms with Gasteiger partial charge >= 0.3 is 0 Å². The number of ether oxygens (including phenoxy) is 2. The van der Waals surface area contributed by atoms with E-state index in [1.54, 1.807) is 11.8 Å². The number of hydrogen-bond donors (Lipinski definition) is 1. The fourth-order valence-electron chi connectivity index (χ4n) is 4.29. The van der Waals surface area contributed by atoms with Crippen molar-refractivity contribution in [1.29, 1.82) is 0 Å². The topological polar surface area (TPSA) is 82.0 Å². The van der Waals surface area contributed by atoms with Crippen molar-refractivity contribution in [2.45, 2.75) is 32.3 Å². The van der Waals surface area contributed by atoms with Crippen LogP contribution in [0.3, 0.4) is 0 Å². The molecule has 0 unspecified atom stereocenters. The van der Waals surface area contributed by atoms with Gasteiger partial charge < -0.3 is 14.5 Å². The Morgan fingerprint density at radius 1 is 1.27 bits per heavy atom. The lowest BCUT2D eigenvalue weighted by atomic mass is 10.0. The molecule has 3 heterocycles. The second kappa shape index (κ2) is 7.16. The summed E-state index contributed by atoms with van der Waals surface area (Å²) in [6.07, 6.45) is 5.88. The number of H-pyrrole nitrogens is 1. The van der Waals surface area contributed by atoms with Gasteiger partial charge in [0.1, 0.15) is 17.6 Å². The molecule has 0 aliphatic heterocycles.